The van der Waals surface area contributed by atoms with Gasteiger partial charge < -0.3 is 10.6 Å². The van der Waals surface area contributed by atoms with Gasteiger partial charge in [-0.05, 0) is 0 Å². The van der Waals surface area contributed by atoms with Gasteiger partial charge >= 0.3 is 12.2 Å². The van der Waals surface area contributed by atoms with Crippen LogP contribution in [0, 0.1) is 0 Å². The van der Waals surface area contributed by atoms with Crippen molar-refractivity contribution in [2.45, 2.75) is 6.18 Å². The van der Waals surface area contributed by atoms with Gasteiger partial charge in [0, 0.05) is 6.54 Å². The largest absolute Gasteiger partial charge is 0.405 e. The maximum atomic E-state index is 11.6. The number of nitrogens with one attached hydrogen (secondary N) is 2. The van der Waals surface area contributed by atoms with Gasteiger partial charge in [-0.2, -0.15) is 13.2 Å². The van der Waals surface area contributed by atoms with E-state index in [0.717, 1.165) is 0 Å². The Morgan fingerprint density at radius 2 is 1.80 bits per heavy atom. The zero-order valence-electron chi connectivity index (χ0n) is 7.47. The number of halogens is 3. The highest BCUT2D eigenvalue weighted by Crippen LogP contribution is 2.11. The minimum atomic E-state index is -4.50. The monoisotopic (exact) mass is 249 g/mol. The van der Waals surface area contributed by atoms with E-state index in [-0.39, 0.29) is 6.54 Å². The Morgan fingerprint density at radius 3 is 2.20 bits per heavy atom. The van der Waals surface area contributed by atoms with Gasteiger partial charge in [-0.1, -0.05) is 0 Å². The number of nitrogens with two attached hydrogens (primary N) is 1. The molecule has 0 aromatic rings. The number of urea groups is 1. The number of hydrogen-bond donors (Lipinski definition) is 3. The van der Waals surface area contributed by atoms with E-state index in [0.29, 0.717) is 0 Å². The zero-order valence-corrected chi connectivity index (χ0v) is 8.28. The second kappa shape index (κ2) is 5.16. The molecule has 0 saturated carbocycles. The lowest BCUT2D eigenvalue weighted by Gasteiger charge is -2.09. The predicted molar refractivity (Wildman–Crippen MR) is 45.4 cm³/mol. The maximum Gasteiger partial charge on any atom is 0.405 e. The van der Waals surface area contributed by atoms with Gasteiger partial charge in [0.1, 0.15) is 6.54 Å². The van der Waals surface area contributed by atoms with Gasteiger partial charge in [-0.3, -0.25) is 0 Å². The average molecular weight is 249 g/mol. The molecule has 15 heavy (non-hydrogen) atoms. The Kier molecular flexibility index (Phi) is 4.81. The Labute approximate surface area is 84.1 Å². The first-order chi connectivity index (χ1) is 6.60. The third-order valence-corrected chi connectivity index (χ3v) is 1.89. The van der Waals surface area contributed by atoms with E-state index in [1.165, 1.54) is 5.32 Å². The number of amides is 2. The van der Waals surface area contributed by atoms with E-state index in [2.05, 4.69) is 5.14 Å². The molecule has 0 aliphatic carbocycles. The summed E-state index contributed by atoms with van der Waals surface area (Å²) >= 11 is 0. The van der Waals surface area contributed by atoms with Gasteiger partial charge in [0.05, 0.1) is 5.75 Å². The minimum absolute atomic E-state index is 0.345. The van der Waals surface area contributed by atoms with Crippen molar-refractivity contribution in [1.29, 1.82) is 0 Å². The molecule has 0 rings (SSSR count). The van der Waals surface area contributed by atoms with Gasteiger partial charge in [0.2, 0.25) is 10.0 Å². The van der Waals surface area contributed by atoms with Crippen molar-refractivity contribution < 1.29 is 26.4 Å². The Bertz CT molecular complexity index is 313. The first kappa shape index (κ1) is 14.0. The zero-order chi connectivity index (χ0) is 12.1. The van der Waals surface area contributed by atoms with Crippen LogP contribution in [0.25, 0.3) is 0 Å². The quantitative estimate of drug-likeness (QED) is 0.604. The normalized spacial score (nSPS) is 12.3. The number of sulfonamides is 1. The third kappa shape index (κ3) is 10.9. The lowest BCUT2D eigenvalue weighted by atomic mass is 10.6. The van der Waals surface area contributed by atoms with E-state index in [4.69, 9.17) is 0 Å². The Morgan fingerprint density at radius 1 is 1.27 bits per heavy atom. The summed E-state index contributed by atoms with van der Waals surface area (Å²) in [6.07, 6.45) is -4.50. The average Bonchev–Trinajstić information content (AvgIpc) is 1.97. The van der Waals surface area contributed by atoms with Gasteiger partial charge in [0.25, 0.3) is 0 Å². The smallest absolute Gasteiger partial charge is 0.337 e. The summed E-state index contributed by atoms with van der Waals surface area (Å²) in [5, 5.41) is 7.99. The van der Waals surface area contributed by atoms with Gasteiger partial charge in [-0.25, -0.2) is 18.4 Å². The number of alkyl halides is 3. The molecule has 0 saturated heterocycles. The minimum Gasteiger partial charge on any atom is -0.337 e. The molecule has 0 aliphatic rings. The third-order valence-electron chi connectivity index (χ3n) is 1.12. The lowest BCUT2D eigenvalue weighted by Crippen LogP contribution is -2.42. The van der Waals surface area contributed by atoms with Gasteiger partial charge in [0.15, 0.2) is 0 Å². The SMILES string of the molecule is NS(=O)(=O)CCNC(=O)NCC(F)(F)F. The molecular weight excluding hydrogens is 239 g/mol. The summed E-state index contributed by atoms with van der Waals surface area (Å²) in [6.45, 7) is -1.82. The summed E-state index contributed by atoms with van der Waals surface area (Å²) in [5.41, 5.74) is 0. The summed E-state index contributed by atoms with van der Waals surface area (Å²) in [5.74, 6) is -0.535. The molecule has 0 unspecified atom stereocenters. The molecular formula is C5H10F3N3O3S. The molecule has 0 atom stereocenters. The van der Waals surface area contributed by atoms with Crippen molar-refractivity contribution in [3.63, 3.8) is 0 Å². The standard InChI is InChI=1S/C5H10F3N3O3S/c6-5(7,8)3-11-4(12)10-1-2-15(9,13)14/h1-3H2,(H2,9,13,14)(H2,10,11,12). The molecule has 0 bridgehead atoms. The Hall–Kier alpha value is -1.03. The number of rotatable bonds is 4. The molecule has 0 aromatic carbocycles. The maximum absolute atomic E-state index is 11.6. The van der Waals surface area contributed by atoms with Crippen molar-refractivity contribution in [2.75, 3.05) is 18.8 Å². The molecule has 2 amide bonds. The van der Waals surface area contributed by atoms with Crippen LogP contribution in [0.5, 0.6) is 0 Å². The summed E-state index contributed by atoms with van der Waals surface area (Å²) in [7, 11) is -3.73. The highest BCUT2D eigenvalue weighted by Gasteiger charge is 2.27. The number of primary sulfonamides is 1. The van der Waals surface area contributed by atoms with Crippen LogP contribution < -0.4 is 15.8 Å². The van der Waals surface area contributed by atoms with Crippen LogP contribution in [0.1, 0.15) is 0 Å². The molecule has 0 aliphatic heterocycles. The molecule has 0 heterocycles. The van der Waals surface area contributed by atoms with Crippen molar-refractivity contribution in [1.82, 2.24) is 10.6 Å². The second-order valence-corrected chi connectivity index (χ2v) is 4.33. The second-order valence-electron chi connectivity index (χ2n) is 2.59. The van der Waals surface area contributed by atoms with E-state index in [9.17, 15) is 26.4 Å². The van der Waals surface area contributed by atoms with Crippen LogP contribution in [-0.4, -0.2) is 39.5 Å². The van der Waals surface area contributed by atoms with Crippen LogP contribution in [0.2, 0.25) is 0 Å². The van der Waals surface area contributed by atoms with Crippen molar-refractivity contribution in [3.05, 3.63) is 0 Å². The fourth-order valence-electron chi connectivity index (χ4n) is 0.550. The van der Waals surface area contributed by atoms with E-state index < -0.39 is 34.5 Å². The lowest BCUT2D eigenvalue weighted by molar-refractivity contribution is -0.122. The molecule has 0 spiro atoms. The molecule has 0 fully saturated rings. The number of carbonyl (C=O) groups is 1. The van der Waals surface area contributed by atoms with E-state index in [1.807, 2.05) is 5.32 Å². The highest BCUT2D eigenvalue weighted by molar-refractivity contribution is 7.89. The van der Waals surface area contributed by atoms with E-state index in [1.54, 1.807) is 0 Å². The molecule has 0 aromatic heterocycles. The number of carbonyl (C=O) groups excluding carboxylic acids is 1. The summed E-state index contributed by atoms with van der Waals surface area (Å²) in [6, 6.07) is -1.10. The summed E-state index contributed by atoms with van der Waals surface area (Å²) < 4.78 is 55.4. The van der Waals surface area contributed by atoms with Crippen LogP contribution in [-0.2, 0) is 10.0 Å². The molecule has 10 heteroatoms. The molecule has 4 N–H and O–H groups in total. The molecule has 0 radical (unpaired) electrons. The molecule has 90 valence electrons. The van der Waals surface area contributed by atoms with Crippen LogP contribution >= 0.6 is 0 Å². The van der Waals surface area contributed by atoms with Crippen LogP contribution in [0.15, 0.2) is 0 Å². The van der Waals surface area contributed by atoms with E-state index >= 15 is 0 Å². The fourth-order valence-corrected chi connectivity index (χ4v) is 0.936. The Balaban J connectivity index is 3.69. The number of hydrogen-bond acceptors (Lipinski definition) is 3. The van der Waals surface area contributed by atoms with Crippen molar-refractivity contribution >= 4 is 16.1 Å². The summed E-state index contributed by atoms with van der Waals surface area (Å²) in [4.78, 5) is 10.6. The topological polar surface area (TPSA) is 101 Å². The van der Waals surface area contributed by atoms with Crippen molar-refractivity contribution in [2.24, 2.45) is 5.14 Å². The first-order valence-electron chi connectivity index (χ1n) is 3.69. The highest BCUT2D eigenvalue weighted by atomic mass is 32.2. The van der Waals surface area contributed by atoms with Crippen LogP contribution in [0.4, 0.5) is 18.0 Å². The van der Waals surface area contributed by atoms with Gasteiger partial charge in [-0.15, -0.1) is 0 Å². The van der Waals surface area contributed by atoms with Crippen LogP contribution in [0.3, 0.4) is 0 Å². The molecule has 6 nitrogen and oxygen atoms in total. The first-order valence-corrected chi connectivity index (χ1v) is 5.40. The van der Waals surface area contributed by atoms with Crippen molar-refractivity contribution in [3.8, 4) is 0 Å². The fraction of sp³-hybridized carbons (Fsp3) is 0.800. The predicted octanol–water partition coefficient (Wildman–Crippen LogP) is -0.864.